The van der Waals surface area contributed by atoms with Gasteiger partial charge in [-0.3, -0.25) is 9.36 Å². The van der Waals surface area contributed by atoms with Gasteiger partial charge in [-0.1, -0.05) is 24.3 Å². The molecular formula is C25H23N3O2S. The van der Waals surface area contributed by atoms with E-state index in [0.717, 1.165) is 46.7 Å². The first-order valence-corrected chi connectivity index (χ1v) is 11.3. The van der Waals surface area contributed by atoms with Gasteiger partial charge in [0.15, 0.2) is 0 Å². The summed E-state index contributed by atoms with van der Waals surface area (Å²) in [5.41, 5.74) is 2.05. The van der Waals surface area contributed by atoms with Crippen molar-refractivity contribution in [2.45, 2.75) is 32.2 Å². The van der Waals surface area contributed by atoms with E-state index in [9.17, 15) is 4.79 Å². The van der Waals surface area contributed by atoms with E-state index < -0.39 is 0 Å². The number of hydrogen-bond acceptors (Lipinski definition) is 5. The molecule has 1 N–H and O–H groups in total. The summed E-state index contributed by atoms with van der Waals surface area (Å²) in [6, 6.07) is 17.3. The van der Waals surface area contributed by atoms with Crippen LogP contribution in [0.5, 0.6) is 11.5 Å². The molecule has 0 unspecified atom stereocenters. The zero-order chi connectivity index (χ0) is 21.2. The van der Waals surface area contributed by atoms with Gasteiger partial charge in [0, 0.05) is 17.1 Å². The molecule has 1 aliphatic rings. The highest BCUT2D eigenvalue weighted by atomic mass is 32.1. The molecular weight excluding hydrogens is 406 g/mol. The Bertz CT molecular complexity index is 1290. The van der Waals surface area contributed by atoms with Gasteiger partial charge in [0.1, 0.15) is 16.3 Å². The summed E-state index contributed by atoms with van der Waals surface area (Å²) in [6.07, 6.45) is 6.06. The first-order valence-electron chi connectivity index (χ1n) is 10.5. The summed E-state index contributed by atoms with van der Waals surface area (Å²) in [5, 5.41) is 4.11. The van der Waals surface area contributed by atoms with Gasteiger partial charge >= 0.3 is 0 Å². The van der Waals surface area contributed by atoms with Crippen molar-refractivity contribution >= 4 is 33.2 Å². The first-order chi connectivity index (χ1) is 15.2. The lowest BCUT2D eigenvalue weighted by Crippen LogP contribution is -2.24. The van der Waals surface area contributed by atoms with E-state index in [1.54, 1.807) is 22.0 Å². The maximum absolute atomic E-state index is 13.3. The second-order valence-electron chi connectivity index (χ2n) is 7.60. The van der Waals surface area contributed by atoms with Crippen molar-refractivity contribution in [2.24, 2.45) is 0 Å². The van der Waals surface area contributed by atoms with Crippen LogP contribution in [0, 0.1) is 0 Å². The largest absolute Gasteiger partial charge is 0.457 e. The van der Waals surface area contributed by atoms with Gasteiger partial charge < -0.3 is 10.1 Å². The Morgan fingerprint density at radius 2 is 1.81 bits per heavy atom. The molecule has 0 spiro atoms. The van der Waals surface area contributed by atoms with Crippen molar-refractivity contribution < 1.29 is 4.74 Å². The summed E-state index contributed by atoms with van der Waals surface area (Å²) in [7, 11) is 0. The smallest absolute Gasteiger partial charge is 0.264 e. The van der Waals surface area contributed by atoms with Gasteiger partial charge in [-0.2, -0.15) is 0 Å². The molecule has 0 bridgehead atoms. The Hall–Kier alpha value is -3.38. The number of thiophene rings is 1. The highest BCUT2D eigenvalue weighted by molar-refractivity contribution is 7.18. The lowest BCUT2D eigenvalue weighted by atomic mass is 9.97. The van der Waals surface area contributed by atoms with Crippen LogP contribution in [0.15, 0.2) is 72.0 Å². The molecule has 0 aliphatic heterocycles. The van der Waals surface area contributed by atoms with Gasteiger partial charge in [0.05, 0.1) is 5.39 Å². The molecule has 4 aromatic rings. The number of fused-ring (bicyclic) bond motifs is 3. The first kappa shape index (κ1) is 19.6. The maximum Gasteiger partial charge on any atom is 0.264 e. The molecule has 0 saturated heterocycles. The number of anilines is 2. The van der Waals surface area contributed by atoms with Crippen LogP contribution in [0.3, 0.4) is 0 Å². The van der Waals surface area contributed by atoms with Crippen molar-refractivity contribution in [3.8, 4) is 11.5 Å². The number of para-hydroxylation sites is 1. The molecule has 2 heterocycles. The number of benzene rings is 2. The molecule has 2 aromatic carbocycles. The van der Waals surface area contributed by atoms with E-state index in [1.807, 2.05) is 54.6 Å². The summed E-state index contributed by atoms with van der Waals surface area (Å²) in [6.45, 7) is 4.23. The molecule has 156 valence electrons. The van der Waals surface area contributed by atoms with Gasteiger partial charge in [-0.25, -0.2) is 4.98 Å². The zero-order valence-corrected chi connectivity index (χ0v) is 18.0. The third-order valence-electron chi connectivity index (χ3n) is 5.48. The Morgan fingerprint density at radius 3 is 2.58 bits per heavy atom. The third kappa shape index (κ3) is 3.86. The molecule has 0 saturated carbocycles. The third-order valence-corrected chi connectivity index (χ3v) is 6.66. The molecule has 0 atom stereocenters. The summed E-state index contributed by atoms with van der Waals surface area (Å²) < 4.78 is 7.53. The fraction of sp³-hybridized carbons (Fsp3) is 0.200. The van der Waals surface area contributed by atoms with E-state index in [2.05, 4.69) is 11.9 Å². The van der Waals surface area contributed by atoms with Gasteiger partial charge in [-0.15, -0.1) is 17.9 Å². The average Bonchev–Trinajstić information content (AvgIpc) is 3.17. The Balaban J connectivity index is 1.47. The minimum Gasteiger partial charge on any atom is -0.457 e. The lowest BCUT2D eigenvalue weighted by Gasteiger charge is -2.14. The van der Waals surface area contributed by atoms with Crippen LogP contribution in [0.2, 0.25) is 0 Å². The van der Waals surface area contributed by atoms with Crippen molar-refractivity contribution in [3.05, 3.63) is 88.0 Å². The zero-order valence-electron chi connectivity index (χ0n) is 17.1. The fourth-order valence-corrected chi connectivity index (χ4v) is 5.24. The van der Waals surface area contributed by atoms with Crippen molar-refractivity contribution in [3.63, 3.8) is 0 Å². The van der Waals surface area contributed by atoms with E-state index in [4.69, 9.17) is 9.72 Å². The topological polar surface area (TPSA) is 56.1 Å². The van der Waals surface area contributed by atoms with Gasteiger partial charge in [-0.05, 0) is 67.6 Å². The predicted octanol–water partition coefficient (Wildman–Crippen LogP) is 6.06. The van der Waals surface area contributed by atoms with Crippen LogP contribution in [0.1, 0.15) is 23.3 Å². The Kier molecular flexibility index (Phi) is 5.30. The van der Waals surface area contributed by atoms with Gasteiger partial charge in [0.2, 0.25) is 5.95 Å². The highest BCUT2D eigenvalue weighted by Gasteiger charge is 2.21. The molecule has 0 amide bonds. The minimum absolute atomic E-state index is 0.0100. The van der Waals surface area contributed by atoms with E-state index in [-0.39, 0.29) is 5.56 Å². The van der Waals surface area contributed by atoms with Crippen molar-refractivity contribution in [1.82, 2.24) is 9.55 Å². The van der Waals surface area contributed by atoms with E-state index in [1.165, 1.54) is 16.9 Å². The molecule has 0 radical (unpaired) electrons. The molecule has 31 heavy (non-hydrogen) atoms. The normalized spacial score (nSPS) is 13.0. The summed E-state index contributed by atoms with van der Waals surface area (Å²) in [5.74, 6) is 2.07. The molecule has 5 rings (SSSR count). The fourth-order valence-electron chi connectivity index (χ4n) is 3.99. The number of nitrogens with one attached hydrogen (secondary N) is 1. The SMILES string of the molecule is C=CCn1c(Nc2ccc(Oc3ccccc3)cc2)nc2sc3c(c2c1=O)CCCC3. The lowest BCUT2D eigenvalue weighted by molar-refractivity contribution is 0.483. The quantitative estimate of drug-likeness (QED) is 0.379. The monoisotopic (exact) mass is 429 g/mol. The predicted molar refractivity (Wildman–Crippen MR) is 127 cm³/mol. The summed E-state index contributed by atoms with van der Waals surface area (Å²) >= 11 is 1.66. The van der Waals surface area contributed by atoms with Crippen LogP contribution >= 0.6 is 11.3 Å². The van der Waals surface area contributed by atoms with Crippen LogP contribution in [0.25, 0.3) is 10.2 Å². The molecule has 1 aliphatic carbocycles. The van der Waals surface area contributed by atoms with Crippen molar-refractivity contribution in [1.29, 1.82) is 0 Å². The minimum atomic E-state index is 0.0100. The molecule has 6 heteroatoms. The van der Waals surface area contributed by atoms with Crippen LogP contribution in [-0.2, 0) is 19.4 Å². The number of rotatable bonds is 6. The highest BCUT2D eigenvalue weighted by Crippen LogP contribution is 2.34. The van der Waals surface area contributed by atoms with Crippen molar-refractivity contribution in [2.75, 3.05) is 5.32 Å². The standard InChI is InChI=1S/C25H23N3O2S/c1-2-16-28-24(29)22-20-10-6-7-11-21(20)31-23(22)27-25(28)26-17-12-14-19(15-13-17)30-18-8-4-3-5-9-18/h2-5,8-9,12-15H,1,6-7,10-11,16H2,(H,26,27). The number of hydrogen-bond donors (Lipinski definition) is 1. The molecule has 2 aromatic heterocycles. The Labute approximate surface area is 184 Å². The Morgan fingerprint density at radius 1 is 1.06 bits per heavy atom. The second kappa shape index (κ2) is 8.40. The average molecular weight is 430 g/mol. The number of allylic oxidation sites excluding steroid dienone is 1. The number of nitrogens with zero attached hydrogens (tertiary/aromatic N) is 2. The maximum atomic E-state index is 13.3. The van der Waals surface area contributed by atoms with E-state index in [0.29, 0.717) is 12.5 Å². The molecule has 5 nitrogen and oxygen atoms in total. The van der Waals surface area contributed by atoms with Gasteiger partial charge in [0.25, 0.3) is 5.56 Å². The number of ether oxygens (including phenoxy) is 1. The van der Waals surface area contributed by atoms with Crippen LogP contribution in [0.4, 0.5) is 11.6 Å². The summed E-state index contributed by atoms with van der Waals surface area (Å²) in [4.78, 5) is 20.3. The van der Waals surface area contributed by atoms with E-state index >= 15 is 0 Å². The van der Waals surface area contributed by atoms with Crippen LogP contribution < -0.4 is 15.6 Å². The second-order valence-corrected chi connectivity index (χ2v) is 8.68. The number of aryl methyl sites for hydroxylation is 2. The molecule has 0 fully saturated rings. The van der Waals surface area contributed by atoms with Crippen LogP contribution in [-0.4, -0.2) is 9.55 Å². The number of aromatic nitrogens is 2.